The molecule has 16 heavy (non-hydrogen) atoms. The van der Waals surface area contributed by atoms with Crippen LogP contribution in [0.5, 0.6) is 0 Å². The van der Waals surface area contributed by atoms with Crippen molar-refractivity contribution in [3.63, 3.8) is 0 Å². The van der Waals surface area contributed by atoms with Crippen molar-refractivity contribution < 1.29 is 5.11 Å². The van der Waals surface area contributed by atoms with Crippen LogP contribution in [0.15, 0.2) is 22.7 Å². The Morgan fingerprint density at radius 3 is 2.38 bits per heavy atom. The predicted octanol–water partition coefficient (Wildman–Crippen LogP) is 3.86. The minimum Gasteiger partial charge on any atom is -0.384 e. The molecule has 86 valence electrons. The quantitative estimate of drug-likeness (QED) is 0.901. The van der Waals surface area contributed by atoms with E-state index in [0.717, 1.165) is 4.47 Å². The van der Waals surface area contributed by atoms with E-state index >= 15 is 0 Å². The lowest BCUT2D eigenvalue weighted by Crippen LogP contribution is -2.38. The number of halogens is 2. The van der Waals surface area contributed by atoms with Gasteiger partial charge in [0, 0.05) is 15.1 Å². The number of nitrogens with zero attached hydrogens (tertiary/aromatic N) is 1. The largest absolute Gasteiger partial charge is 0.384 e. The Hall–Kier alpha value is -0.560. The van der Waals surface area contributed by atoms with Crippen molar-refractivity contribution in [2.45, 2.75) is 26.4 Å². The Bertz CT molecular complexity index is 449. The SMILES string of the molecule is CC(C)(C#N)C(C)(O)c1ccc(Br)cc1Cl. The molecule has 0 aliphatic carbocycles. The molecule has 0 bridgehead atoms. The second kappa shape index (κ2) is 4.37. The van der Waals surface area contributed by atoms with Crippen LogP contribution >= 0.6 is 27.5 Å². The fourth-order valence-corrected chi connectivity index (χ4v) is 2.19. The van der Waals surface area contributed by atoms with E-state index in [-0.39, 0.29) is 0 Å². The predicted molar refractivity (Wildman–Crippen MR) is 68.1 cm³/mol. The van der Waals surface area contributed by atoms with Gasteiger partial charge in [-0.25, -0.2) is 0 Å². The third kappa shape index (κ3) is 2.24. The summed E-state index contributed by atoms with van der Waals surface area (Å²) in [4.78, 5) is 0. The molecule has 0 spiro atoms. The van der Waals surface area contributed by atoms with Crippen molar-refractivity contribution in [3.05, 3.63) is 33.3 Å². The highest BCUT2D eigenvalue weighted by Crippen LogP contribution is 2.42. The van der Waals surface area contributed by atoms with E-state index in [2.05, 4.69) is 22.0 Å². The van der Waals surface area contributed by atoms with Crippen LogP contribution in [0.4, 0.5) is 0 Å². The van der Waals surface area contributed by atoms with Crippen LogP contribution in [0.25, 0.3) is 0 Å². The highest BCUT2D eigenvalue weighted by atomic mass is 79.9. The summed E-state index contributed by atoms with van der Waals surface area (Å²) in [7, 11) is 0. The van der Waals surface area contributed by atoms with Crippen molar-refractivity contribution in [1.29, 1.82) is 5.26 Å². The average molecular weight is 303 g/mol. The molecule has 4 heteroatoms. The summed E-state index contributed by atoms with van der Waals surface area (Å²) in [5, 5.41) is 20.0. The van der Waals surface area contributed by atoms with Crippen molar-refractivity contribution in [1.82, 2.24) is 0 Å². The molecule has 1 N–H and O–H groups in total. The van der Waals surface area contributed by atoms with Gasteiger partial charge in [0.25, 0.3) is 0 Å². The molecule has 0 amide bonds. The summed E-state index contributed by atoms with van der Waals surface area (Å²) in [6, 6.07) is 7.33. The topological polar surface area (TPSA) is 44.0 Å². The van der Waals surface area contributed by atoms with E-state index in [1.54, 1.807) is 39.0 Å². The van der Waals surface area contributed by atoms with Gasteiger partial charge in [0.15, 0.2) is 0 Å². The summed E-state index contributed by atoms with van der Waals surface area (Å²) in [6.45, 7) is 4.97. The summed E-state index contributed by atoms with van der Waals surface area (Å²) in [5.41, 5.74) is -1.65. The summed E-state index contributed by atoms with van der Waals surface area (Å²) in [5.74, 6) is 0. The molecule has 2 nitrogen and oxygen atoms in total. The lowest BCUT2D eigenvalue weighted by atomic mass is 9.73. The van der Waals surface area contributed by atoms with E-state index in [9.17, 15) is 5.11 Å². The summed E-state index contributed by atoms with van der Waals surface area (Å²) in [6.07, 6.45) is 0. The molecule has 0 heterocycles. The molecule has 1 aromatic carbocycles. The van der Waals surface area contributed by atoms with Crippen LogP contribution in [0.2, 0.25) is 5.02 Å². The maximum absolute atomic E-state index is 10.5. The van der Waals surface area contributed by atoms with Gasteiger partial charge in [0.05, 0.1) is 11.5 Å². The zero-order valence-corrected chi connectivity index (χ0v) is 11.7. The lowest BCUT2D eigenvalue weighted by Gasteiger charge is -2.35. The smallest absolute Gasteiger partial charge is 0.106 e. The Morgan fingerprint density at radius 2 is 1.94 bits per heavy atom. The Morgan fingerprint density at radius 1 is 1.38 bits per heavy atom. The van der Waals surface area contributed by atoms with Crippen LogP contribution < -0.4 is 0 Å². The van der Waals surface area contributed by atoms with Crippen molar-refractivity contribution in [3.8, 4) is 6.07 Å². The average Bonchev–Trinajstić information content (AvgIpc) is 2.16. The number of rotatable bonds is 2. The van der Waals surface area contributed by atoms with E-state index in [1.165, 1.54) is 0 Å². The molecule has 0 aliphatic heterocycles. The number of benzene rings is 1. The van der Waals surface area contributed by atoms with Gasteiger partial charge >= 0.3 is 0 Å². The van der Waals surface area contributed by atoms with Crippen LogP contribution in [0.3, 0.4) is 0 Å². The van der Waals surface area contributed by atoms with Gasteiger partial charge in [-0.1, -0.05) is 33.6 Å². The molecule has 1 rings (SSSR count). The summed E-state index contributed by atoms with van der Waals surface area (Å²) < 4.78 is 0.840. The van der Waals surface area contributed by atoms with Crippen LogP contribution in [0.1, 0.15) is 26.3 Å². The van der Waals surface area contributed by atoms with E-state index in [4.69, 9.17) is 16.9 Å². The highest BCUT2D eigenvalue weighted by Gasteiger charge is 2.42. The van der Waals surface area contributed by atoms with E-state index in [0.29, 0.717) is 10.6 Å². The maximum Gasteiger partial charge on any atom is 0.106 e. The number of hydrogen-bond donors (Lipinski definition) is 1. The molecule has 0 aromatic heterocycles. The molecule has 1 unspecified atom stereocenters. The minimum atomic E-state index is -1.29. The first-order valence-corrected chi connectivity index (χ1v) is 5.98. The number of nitriles is 1. The molecule has 0 saturated carbocycles. The normalized spacial score (nSPS) is 15.3. The van der Waals surface area contributed by atoms with Gasteiger partial charge < -0.3 is 5.11 Å². The fourth-order valence-electron chi connectivity index (χ4n) is 1.33. The van der Waals surface area contributed by atoms with Gasteiger partial charge in [-0.2, -0.15) is 5.26 Å². The molecule has 1 aromatic rings. The van der Waals surface area contributed by atoms with Crippen LogP contribution in [0, 0.1) is 16.7 Å². The number of aliphatic hydroxyl groups is 1. The molecule has 0 aliphatic rings. The zero-order chi connectivity index (χ0) is 12.6. The van der Waals surface area contributed by atoms with Crippen LogP contribution in [-0.2, 0) is 5.60 Å². The van der Waals surface area contributed by atoms with Crippen molar-refractivity contribution in [2.75, 3.05) is 0 Å². The minimum absolute atomic E-state index is 0.447. The number of hydrogen-bond acceptors (Lipinski definition) is 2. The Labute approximate surface area is 109 Å². The maximum atomic E-state index is 10.5. The molecule has 0 saturated heterocycles. The zero-order valence-electron chi connectivity index (χ0n) is 9.38. The Balaban J connectivity index is 3.34. The lowest BCUT2D eigenvalue weighted by molar-refractivity contribution is -0.0266. The summed E-state index contributed by atoms with van der Waals surface area (Å²) >= 11 is 9.38. The molecular formula is C12H13BrClNO. The third-order valence-electron chi connectivity index (χ3n) is 2.95. The van der Waals surface area contributed by atoms with E-state index < -0.39 is 11.0 Å². The first kappa shape index (κ1) is 13.5. The van der Waals surface area contributed by atoms with Gasteiger partial charge in [-0.15, -0.1) is 0 Å². The highest BCUT2D eigenvalue weighted by molar-refractivity contribution is 9.10. The molecule has 1 atom stereocenters. The van der Waals surface area contributed by atoms with Gasteiger partial charge in [0.2, 0.25) is 0 Å². The van der Waals surface area contributed by atoms with Gasteiger partial charge in [-0.3, -0.25) is 0 Å². The van der Waals surface area contributed by atoms with Crippen molar-refractivity contribution >= 4 is 27.5 Å². The fraction of sp³-hybridized carbons (Fsp3) is 0.417. The molecule has 0 radical (unpaired) electrons. The van der Waals surface area contributed by atoms with Crippen molar-refractivity contribution in [2.24, 2.45) is 5.41 Å². The van der Waals surface area contributed by atoms with Crippen LogP contribution in [-0.4, -0.2) is 5.11 Å². The first-order valence-electron chi connectivity index (χ1n) is 4.81. The van der Waals surface area contributed by atoms with E-state index in [1.807, 2.05) is 0 Å². The standard InChI is InChI=1S/C12H13BrClNO/c1-11(2,7-15)12(3,16)9-5-4-8(13)6-10(9)14/h4-6,16H,1-3H3. The second-order valence-corrected chi connectivity index (χ2v) is 5.76. The third-order valence-corrected chi connectivity index (χ3v) is 3.76. The first-order chi connectivity index (χ1) is 7.22. The Kier molecular flexibility index (Phi) is 3.69. The monoisotopic (exact) mass is 301 g/mol. The second-order valence-electron chi connectivity index (χ2n) is 4.43. The van der Waals surface area contributed by atoms with Gasteiger partial charge in [0.1, 0.15) is 5.60 Å². The molecular weight excluding hydrogens is 289 g/mol. The van der Waals surface area contributed by atoms with Gasteiger partial charge in [-0.05, 0) is 32.9 Å². The molecule has 0 fully saturated rings.